The standard InChI is InChI=1S/C9H10S/c1-10-7-6-8-4-2-3-5-9(8)10/h2-7,10H,1H3. The summed E-state index contributed by atoms with van der Waals surface area (Å²) in [5, 5.41) is 2.31. The topological polar surface area (TPSA) is 0 Å². The fourth-order valence-corrected chi connectivity index (χ4v) is 2.64. The van der Waals surface area contributed by atoms with Gasteiger partial charge in [0.25, 0.3) is 0 Å². The summed E-state index contributed by atoms with van der Waals surface area (Å²) in [6.45, 7) is 0. The molecule has 52 valence electrons. The van der Waals surface area contributed by atoms with Crippen molar-refractivity contribution >= 4 is 17.0 Å². The second-order valence-electron chi connectivity index (χ2n) is 2.49. The monoisotopic (exact) mass is 150 g/mol. The molecule has 0 aliphatic carbocycles. The van der Waals surface area contributed by atoms with E-state index in [0.29, 0.717) is 0 Å². The van der Waals surface area contributed by atoms with Gasteiger partial charge in [-0.05, 0) is 34.3 Å². The first-order valence-electron chi connectivity index (χ1n) is 3.38. The minimum atomic E-state index is 0.0386. The molecule has 1 heterocycles. The number of rotatable bonds is 0. The van der Waals surface area contributed by atoms with Gasteiger partial charge < -0.3 is 0 Å². The lowest BCUT2D eigenvalue weighted by molar-refractivity contribution is 1.44. The molecule has 2 rings (SSSR count). The van der Waals surface area contributed by atoms with Gasteiger partial charge in [-0.15, -0.1) is 0 Å². The number of thiol groups is 1. The van der Waals surface area contributed by atoms with E-state index in [4.69, 9.17) is 0 Å². The Balaban J connectivity index is 2.59. The molecule has 0 aromatic heterocycles. The second kappa shape index (κ2) is 2.17. The van der Waals surface area contributed by atoms with Crippen LogP contribution in [0.3, 0.4) is 0 Å². The van der Waals surface area contributed by atoms with Crippen LogP contribution in [0.15, 0.2) is 34.6 Å². The van der Waals surface area contributed by atoms with Crippen LogP contribution in [0.2, 0.25) is 0 Å². The highest BCUT2D eigenvalue weighted by molar-refractivity contribution is 8.19. The van der Waals surface area contributed by atoms with Crippen LogP contribution < -0.4 is 0 Å². The molecular formula is C9H10S. The van der Waals surface area contributed by atoms with Gasteiger partial charge in [0.2, 0.25) is 0 Å². The summed E-state index contributed by atoms with van der Waals surface area (Å²) < 4.78 is 0. The quantitative estimate of drug-likeness (QED) is 0.540. The molecule has 0 radical (unpaired) electrons. The maximum atomic E-state index is 2.31. The van der Waals surface area contributed by atoms with Crippen molar-refractivity contribution < 1.29 is 0 Å². The zero-order valence-corrected chi connectivity index (χ0v) is 6.81. The van der Waals surface area contributed by atoms with Gasteiger partial charge >= 0.3 is 0 Å². The maximum absolute atomic E-state index is 2.31. The predicted molar refractivity (Wildman–Crippen MR) is 48.7 cm³/mol. The van der Waals surface area contributed by atoms with Crippen LogP contribution in [0.4, 0.5) is 0 Å². The molecule has 1 aromatic carbocycles. The lowest BCUT2D eigenvalue weighted by Crippen LogP contribution is -1.74. The van der Waals surface area contributed by atoms with E-state index in [0.717, 1.165) is 0 Å². The smallest absolute Gasteiger partial charge is 0.00199 e. The minimum Gasteiger partial charge on any atom is -0.209 e. The van der Waals surface area contributed by atoms with Crippen molar-refractivity contribution in [1.29, 1.82) is 0 Å². The Morgan fingerprint density at radius 1 is 1.20 bits per heavy atom. The van der Waals surface area contributed by atoms with Gasteiger partial charge in [-0.3, -0.25) is 0 Å². The highest BCUT2D eigenvalue weighted by Crippen LogP contribution is 2.42. The van der Waals surface area contributed by atoms with Crippen molar-refractivity contribution in [1.82, 2.24) is 0 Å². The van der Waals surface area contributed by atoms with Crippen molar-refractivity contribution in [3.8, 4) is 0 Å². The average Bonchev–Trinajstić information content (AvgIpc) is 2.34. The maximum Gasteiger partial charge on any atom is -0.00199 e. The van der Waals surface area contributed by atoms with Gasteiger partial charge in [0.15, 0.2) is 0 Å². The van der Waals surface area contributed by atoms with E-state index >= 15 is 0 Å². The molecule has 1 unspecified atom stereocenters. The van der Waals surface area contributed by atoms with E-state index in [-0.39, 0.29) is 10.9 Å². The molecule has 0 nitrogen and oxygen atoms in total. The van der Waals surface area contributed by atoms with E-state index in [1.807, 2.05) is 0 Å². The van der Waals surface area contributed by atoms with Crippen LogP contribution in [0.25, 0.3) is 6.08 Å². The van der Waals surface area contributed by atoms with E-state index in [2.05, 4.69) is 42.0 Å². The predicted octanol–water partition coefficient (Wildman–Crippen LogP) is 2.66. The summed E-state index contributed by atoms with van der Waals surface area (Å²) in [7, 11) is 0.0386. The Bertz CT molecular complexity index is 276. The number of benzene rings is 1. The SMILES string of the molecule is C[SH]1C=Cc2ccccc21. The molecule has 0 spiro atoms. The molecule has 1 atom stereocenters. The van der Waals surface area contributed by atoms with Crippen molar-refractivity contribution in [2.24, 2.45) is 0 Å². The zero-order valence-electron chi connectivity index (χ0n) is 5.91. The van der Waals surface area contributed by atoms with Crippen LogP contribution in [-0.2, 0) is 0 Å². The van der Waals surface area contributed by atoms with Crippen molar-refractivity contribution in [2.75, 3.05) is 6.26 Å². The van der Waals surface area contributed by atoms with Gasteiger partial charge in [-0.1, -0.05) is 18.2 Å². The first-order chi connectivity index (χ1) is 4.88. The van der Waals surface area contributed by atoms with Crippen molar-refractivity contribution in [3.05, 3.63) is 35.2 Å². The first-order valence-corrected chi connectivity index (χ1v) is 5.24. The molecule has 0 saturated carbocycles. The summed E-state index contributed by atoms with van der Waals surface area (Å²) in [6, 6.07) is 8.61. The van der Waals surface area contributed by atoms with Gasteiger partial charge in [0.1, 0.15) is 0 Å². The van der Waals surface area contributed by atoms with Crippen LogP contribution >= 0.6 is 10.9 Å². The Morgan fingerprint density at radius 2 is 2.00 bits per heavy atom. The molecule has 1 heteroatoms. The summed E-state index contributed by atoms with van der Waals surface area (Å²) in [5.74, 6) is 0. The summed E-state index contributed by atoms with van der Waals surface area (Å²) >= 11 is 0. The lowest BCUT2D eigenvalue weighted by atomic mass is 10.2. The van der Waals surface area contributed by atoms with Crippen molar-refractivity contribution in [3.63, 3.8) is 0 Å². The van der Waals surface area contributed by atoms with E-state index in [1.54, 1.807) is 0 Å². The van der Waals surface area contributed by atoms with Gasteiger partial charge in [-0.2, -0.15) is 0 Å². The highest BCUT2D eigenvalue weighted by Gasteiger charge is 2.06. The van der Waals surface area contributed by atoms with Crippen LogP contribution in [-0.4, -0.2) is 6.26 Å². The Labute approximate surface area is 63.9 Å². The van der Waals surface area contributed by atoms with E-state index in [1.165, 1.54) is 10.5 Å². The average molecular weight is 150 g/mol. The molecule has 0 saturated heterocycles. The molecule has 1 aliphatic heterocycles. The Morgan fingerprint density at radius 3 is 2.80 bits per heavy atom. The third-order valence-electron chi connectivity index (χ3n) is 1.79. The molecule has 0 bridgehead atoms. The summed E-state index contributed by atoms with van der Waals surface area (Å²) in [4.78, 5) is 1.53. The normalized spacial score (nSPS) is 24.7. The molecule has 10 heavy (non-hydrogen) atoms. The molecular weight excluding hydrogens is 140 g/mol. The molecule has 0 fully saturated rings. The zero-order chi connectivity index (χ0) is 6.97. The highest BCUT2D eigenvalue weighted by atomic mass is 32.2. The number of hydrogen-bond donors (Lipinski definition) is 1. The molecule has 1 aliphatic rings. The lowest BCUT2D eigenvalue weighted by Gasteiger charge is -2.06. The number of fused-ring (bicyclic) bond motifs is 1. The van der Waals surface area contributed by atoms with E-state index < -0.39 is 0 Å². The Kier molecular flexibility index (Phi) is 1.31. The summed E-state index contributed by atoms with van der Waals surface area (Å²) in [6.07, 6.45) is 4.51. The molecule has 0 amide bonds. The van der Waals surface area contributed by atoms with Crippen LogP contribution in [0.5, 0.6) is 0 Å². The number of hydrogen-bond acceptors (Lipinski definition) is 0. The van der Waals surface area contributed by atoms with Crippen molar-refractivity contribution in [2.45, 2.75) is 4.90 Å². The first kappa shape index (κ1) is 6.05. The van der Waals surface area contributed by atoms with Gasteiger partial charge in [0.05, 0.1) is 0 Å². The molecule has 1 aromatic rings. The van der Waals surface area contributed by atoms with Gasteiger partial charge in [0, 0.05) is 0 Å². The van der Waals surface area contributed by atoms with Crippen LogP contribution in [0, 0.1) is 0 Å². The van der Waals surface area contributed by atoms with E-state index in [9.17, 15) is 0 Å². The van der Waals surface area contributed by atoms with Gasteiger partial charge in [-0.25, -0.2) is 10.9 Å². The minimum absolute atomic E-state index is 0.0386. The molecule has 0 N–H and O–H groups in total. The third kappa shape index (κ3) is 0.781. The Hall–Kier alpha value is -0.690. The van der Waals surface area contributed by atoms with Crippen LogP contribution in [0.1, 0.15) is 5.56 Å². The third-order valence-corrected chi connectivity index (χ3v) is 3.56. The fourth-order valence-electron chi connectivity index (χ4n) is 1.22. The summed E-state index contributed by atoms with van der Waals surface area (Å²) in [5.41, 5.74) is 1.41. The largest absolute Gasteiger partial charge is 0.209 e. The fraction of sp³-hybridized carbons (Fsp3) is 0.111. The second-order valence-corrected chi connectivity index (χ2v) is 4.49.